The van der Waals surface area contributed by atoms with Gasteiger partial charge in [0.15, 0.2) is 0 Å². The molecule has 0 amide bonds. The largest absolute Gasteiger partial charge is 0.377 e. The minimum Gasteiger partial charge on any atom is -0.377 e. The molecular weight excluding hydrogens is 335 g/mol. The van der Waals surface area contributed by atoms with E-state index in [4.69, 9.17) is 33.7 Å². The van der Waals surface area contributed by atoms with Crippen molar-refractivity contribution < 1.29 is 13.2 Å². The second-order valence-corrected chi connectivity index (χ2v) is 7.76. The van der Waals surface area contributed by atoms with Gasteiger partial charge in [0.05, 0.1) is 11.1 Å². The summed E-state index contributed by atoms with van der Waals surface area (Å²) in [6.45, 7) is 1.06. The molecule has 8 heteroatoms. The molecule has 0 aromatic heterocycles. The van der Waals surface area contributed by atoms with Crippen LogP contribution in [-0.4, -0.2) is 39.0 Å². The van der Waals surface area contributed by atoms with Crippen molar-refractivity contribution in [1.29, 1.82) is 0 Å². The molecule has 1 unspecified atom stereocenters. The summed E-state index contributed by atoms with van der Waals surface area (Å²) >= 11 is 12.1. The van der Waals surface area contributed by atoms with E-state index in [1.165, 1.54) is 23.5 Å². The summed E-state index contributed by atoms with van der Waals surface area (Å²) in [5.41, 5.74) is 6.01. The van der Waals surface area contributed by atoms with E-state index in [-0.39, 0.29) is 22.6 Å². The first-order valence-electron chi connectivity index (χ1n) is 6.62. The predicted molar refractivity (Wildman–Crippen MR) is 83.1 cm³/mol. The molecule has 21 heavy (non-hydrogen) atoms. The lowest BCUT2D eigenvalue weighted by molar-refractivity contribution is 0.0979. The van der Waals surface area contributed by atoms with Gasteiger partial charge in [-0.05, 0) is 25.0 Å². The zero-order valence-electron chi connectivity index (χ0n) is 11.7. The molecule has 0 spiro atoms. The van der Waals surface area contributed by atoms with Crippen LogP contribution in [0.5, 0.6) is 0 Å². The Bertz CT molecular complexity index is 616. The third kappa shape index (κ3) is 3.52. The van der Waals surface area contributed by atoms with Crippen LogP contribution < -0.4 is 5.73 Å². The van der Waals surface area contributed by atoms with Gasteiger partial charge in [-0.3, -0.25) is 0 Å². The van der Waals surface area contributed by atoms with Gasteiger partial charge >= 0.3 is 0 Å². The van der Waals surface area contributed by atoms with Crippen molar-refractivity contribution in [2.75, 3.05) is 20.2 Å². The molecule has 1 fully saturated rings. The van der Waals surface area contributed by atoms with Gasteiger partial charge in [0.1, 0.15) is 4.90 Å². The van der Waals surface area contributed by atoms with Crippen molar-refractivity contribution in [3.63, 3.8) is 0 Å². The molecular formula is C13H18Cl2N2O3S. The second-order valence-electron chi connectivity index (χ2n) is 4.96. The van der Waals surface area contributed by atoms with E-state index in [9.17, 15) is 8.42 Å². The van der Waals surface area contributed by atoms with Crippen LogP contribution in [0.15, 0.2) is 17.0 Å². The monoisotopic (exact) mass is 352 g/mol. The fourth-order valence-corrected chi connectivity index (χ4v) is 4.41. The maximum atomic E-state index is 12.6. The standard InChI is InChI=1S/C13H18Cl2N2O3S/c1-17(8-9-3-2-6-20-9)21(18,19)12-5-4-11(14)10(7-16)13(12)15/h4-5,9H,2-3,6-8,16H2,1H3. The minimum absolute atomic E-state index is 0.0227. The number of rotatable bonds is 5. The summed E-state index contributed by atoms with van der Waals surface area (Å²) in [7, 11) is -2.18. The maximum Gasteiger partial charge on any atom is 0.244 e. The first-order chi connectivity index (χ1) is 9.87. The van der Waals surface area contributed by atoms with Crippen LogP contribution in [-0.2, 0) is 21.3 Å². The van der Waals surface area contributed by atoms with Gasteiger partial charge in [0, 0.05) is 37.3 Å². The van der Waals surface area contributed by atoms with Crippen LogP contribution in [0.2, 0.25) is 10.0 Å². The van der Waals surface area contributed by atoms with Gasteiger partial charge in [-0.2, -0.15) is 4.31 Å². The summed E-state index contributed by atoms with van der Waals surface area (Å²) in [5.74, 6) is 0. The summed E-state index contributed by atoms with van der Waals surface area (Å²) in [5, 5.41) is 0.451. The smallest absolute Gasteiger partial charge is 0.244 e. The highest BCUT2D eigenvalue weighted by Gasteiger charge is 2.28. The molecule has 0 radical (unpaired) electrons. The van der Waals surface area contributed by atoms with E-state index in [1.54, 1.807) is 0 Å². The van der Waals surface area contributed by atoms with Crippen molar-refractivity contribution >= 4 is 33.2 Å². The quantitative estimate of drug-likeness (QED) is 0.881. The van der Waals surface area contributed by atoms with Crippen molar-refractivity contribution in [2.24, 2.45) is 5.73 Å². The second kappa shape index (κ2) is 6.81. The number of hydrogen-bond donors (Lipinski definition) is 1. The Labute approximate surface area is 135 Å². The molecule has 5 nitrogen and oxygen atoms in total. The van der Waals surface area contributed by atoms with Crippen LogP contribution in [0.1, 0.15) is 18.4 Å². The third-order valence-corrected chi connectivity index (χ3v) is 6.29. The number of likely N-dealkylation sites (N-methyl/N-ethyl adjacent to an activating group) is 1. The summed E-state index contributed by atoms with van der Waals surface area (Å²) in [6.07, 6.45) is 1.75. The molecule has 1 aromatic carbocycles. The Morgan fingerprint density at radius 3 is 2.71 bits per heavy atom. The van der Waals surface area contributed by atoms with Crippen molar-refractivity contribution in [3.8, 4) is 0 Å². The lowest BCUT2D eigenvalue weighted by Gasteiger charge is -2.21. The average molecular weight is 353 g/mol. The summed E-state index contributed by atoms with van der Waals surface area (Å²) in [4.78, 5) is 0.0227. The highest BCUT2D eigenvalue weighted by atomic mass is 35.5. The summed E-state index contributed by atoms with van der Waals surface area (Å²) in [6, 6.07) is 2.91. The van der Waals surface area contributed by atoms with Gasteiger partial charge in [-0.1, -0.05) is 23.2 Å². The van der Waals surface area contributed by atoms with Crippen LogP contribution in [0, 0.1) is 0 Å². The van der Waals surface area contributed by atoms with E-state index in [2.05, 4.69) is 0 Å². The number of benzene rings is 1. The normalized spacial score (nSPS) is 19.4. The summed E-state index contributed by atoms with van der Waals surface area (Å²) < 4.78 is 32.0. The first-order valence-corrected chi connectivity index (χ1v) is 8.82. The van der Waals surface area contributed by atoms with Gasteiger partial charge in [0.25, 0.3) is 0 Å². The number of nitrogens with two attached hydrogens (primary N) is 1. The van der Waals surface area contributed by atoms with E-state index >= 15 is 0 Å². The predicted octanol–water partition coefficient (Wildman–Crippen LogP) is 2.25. The van der Waals surface area contributed by atoms with Gasteiger partial charge in [0.2, 0.25) is 10.0 Å². The van der Waals surface area contributed by atoms with Gasteiger partial charge in [-0.25, -0.2) is 8.42 Å². The zero-order chi connectivity index (χ0) is 15.6. The van der Waals surface area contributed by atoms with E-state index < -0.39 is 10.0 Å². The Morgan fingerprint density at radius 1 is 1.43 bits per heavy atom. The number of halogens is 2. The molecule has 1 aliphatic heterocycles. The Morgan fingerprint density at radius 2 is 2.14 bits per heavy atom. The fraction of sp³-hybridized carbons (Fsp3) is 0.538. The zero-order valence-corrected chi connectivity index (χ0v) is 14.0. The van der Waals surface area contributed by atoms with Crippen LogP contribution >= 0.6 is 23.2 Å². The number of nitrogens with zero attached hydrogens (tertiary/aromatic N) is 1. The van der Waals surface area contributed by atoms with E-state index in [0.29, 0.717) is 23.7 Å². The topological polar surface area (TPSA) is 72.6 Å². The Kier molecular flexibility index (Phi) is 5.51. The number of sulfonamides is 1. The number of ether oxygens (including phenoxy) is 1. The lowest BCUT2D eigenvalue weighted by atomic mass is 10.2. The Hall–Kier alpha value is -0.370. The van der Waals surface area contributed by atoms with Crippen LogP contribution in [0.3, 0.4) is 0 Å². The van der Waals surface area contributed by atoms with Gasteiger partial charge < -0.3 is 10.5 Å². The maximum absolute atomic E-state index is 12.6. The van der Waals surface area contributed by atoms with Crippen LogP contribution in [0.4, 0.5) is 0 Å². The lowest BCUT2D eigenvalue weighted by Crippen LogP contribution is -2.34. The fourth-order valence-electron chi connectivity index (χ4n) is 2.30. The van der Waals surface area contributed by atoms with Crippen molar-refractivity contribution in [1.82, 2.24) is 4.31 Å². The van der Waals surface area contributed by atoms with Gasteiger partial charge in [-0.15, -0.1) is 0 Å². The molecule has 118 valence electrons. The van der Waals surface area contributed by atoms with Crippen molar-refractivity contribution in [3.05, 3.63) is 27.7 Å². The molecule has 1 aromatic rings. The number of hydrogen-bond acceptors (Lipinski definition) is 4. The van der Waals surface area contributed by atoms with Crippen LogP contribution in [0.25, 0.3) is 0 Å². The van der Waals surface area contributed by atoms with Crippen molar-refractivity contribution in [2.45, 2.75) is 30.4 Å². The minimum atomic E-state index is -3.70. The average Bonchev–Trinajstić information content (AvgIpc) is 2.91. The highest BCUT2D eigenvalue weighted by molar-refractivity contribution is 7.89. The van der Waals surface area contributed by atoms with E-state index in [1.807, 2.05) is 0 Å². The molecule has 1 saturated heterocycles. The first kappa shape index (κ1) is 17.0. The molecule has 1 aliphatic rings. The SMILES string of the molecule is CN(CC1CCCO1)S(=O)(=O)c1ccc(Cl)c(CN)c1Cl. The molecule has 0 saturated carbocycles. The molecule has 1 atom stereocenters. The molecule has 2 N–H and O–H groups in total. The Balaban J connectivity index is 2.30. The molecule has 0 aliphatic carbocycles. The third-order valence-electron chi connectivity index (χ3n) is 3.53. The molecule has 2 rings (SSSR count). The highest BCUT2D eigenvalue weighted by Crippen LogP contribution is 2.32. The van der Waals surface area contributed by atoms with E-state index in [0.717, 1.165) is 12.8 Å². The molecule has 1 heterocycles. The molecule has 0 bridgehead atoms.